The molecule has 0 atom stereocenters. The Labute approximate surface area is 120 Å². The fourth-order valence-electron chi connectivity index (χ4n) is 1.74. The van der Waals surface area contributed by atoms with Crippen LogP contribution in [0.25, 0.3) is 0 Å². The van der Waals surface area contributed by atoms with E-state index in [4.69, 9.17) is 0 Å². The summed E-state index contributed by atoms with van der Waals surface area (Å²) in [6.07, 6.45) is -11.0. The van der Waals surface area contributed by atoms with Gasteiger partial charge in [0.05, 0.1) is 5.56 Å². The minimum atomic E-state index is -6.07. The average molecular weight is 331 g/mol. The van der Waals surface area contributed by atoms with Gasteiger partial charge in [-0.25, -0.2) is 0 Å². The number of carbonyl (C=O) groups excluding carboxylic acids is 1. The van der Waals surface area contributed by atoms with Crippen LogP contribution in [-0.2, 0) is 5.60 Å². The van der Waals surface area contributed by atoms with Gasteiger partial charge >= 0.3 is 12.4 Å². The summed E-state index contributed by atoms with van der Waals surface area (Å²) < 4.78 is 82.0. The number of carbonyl (C=O) groups is 1. The lowest BCUT2D eigenvalue weighted by Crippen LogP contribution is -2.54. The second-order valence-corrected chi connectivity index (χ2v) is 4.36. The van der Waals surface area contributed by atoms with Gasteiger partial charge in [-0.05, 0) is 6.07 Å². The number of nitrogens with zero attached hydrogens (tertiary/aromatic N) is 1. The van der Waals surface area contributed by atoms with Crippen molar-refractivity contribution in [2.75, 3.05) is 18.5 Å². The minimum absolute atomic E-state index is 0.0675. The SMILES string of the molecule is C=CCN(C)c1oc(C=O)cc1C(O)(C(F)(F)F)C(F)(F)F. The quantitative estimate of drug-likeness (QED) is 0.512. The maximum absolute atomic E-state index is 12.9. The topological polar surface area (TPSA) is 53.7 Å². The van der Waals surface area contributed by atoms with Crippen molar-refractivity contribution in [3.63, 3.8) is 0 Å². The molecule has 22 heavy (non-hydrogen) atoms. The van der Waals surface area contributed by atoms with Gasteiger partial charge in [-0.15, -0.1) is 6.58 Å². The molecule has 0 aliphatic heterocycles. The molecule has 10 heteroatoms. The summed E-state index contributed by atoms with van der Waals surface area (Å²) in [4.78, 5) is 11.4. The van der Waals surface area contributed by atoms with E-state index in [1.54, 1.807) is 0 Å². The summed E-state index contributed by atoms with van der Waals surface area (Å²) in [5, 5.41) is 9.38. The first kappa shape index (κ1) is 18.1. The second kappa shape index (κ2) is 5.67. The number of likely N-dealkylation sites (N-methyl/N-ethyl adjacent to an activating group) is 1. The summed E-state index contributed by atoms with van der Waals surface area (Å²) in [6.45, 7) is 3.11. The van der Waals surface area contributed by atoms with Crippen molar-refractivity contribution >= 4 is 12.2 Å². The van der Waals surface area contributed by atoms with Crippen LogP contribution in [0.4, 0.5) is 32.2 Å². The summed E-state index contributed by atoms with van der Waals surface area (Å²) >= 11 is 0. The van der Waals surface area contributed by atoms with E-state index in [1.807, 2.05) is 0 Å². The predicted octanol–water partition coefficient (Wildman–Crippen LogP) is 3.03. The van der Waals surface area contributed by atoms with Gasteiger partial charge < -0.3 is 14.4 Å². The molecule has 1 aromatic rings. The molecular formula is C12H11F6NO3. The first-order chi connectivity index (χ1) is 9.90. The fourth-order valence-corrected chi connectivity index (χ4v) is 1.74. The van der Waals surface area contributed by atoms with Gasteiger partial charge in [0.25, 0.3) is 5.60 Å². The first-order valence-electron chi connectivity index (χ1n) is 5.67. The van der Waals surface area contributed by atoms with Crippen molar-refractivity contribution < 1.29 is 40.7 Å². The van der Waals surface area contributed by atoms with E-state index >= 15 is 0 Å². The highest BCUT2D eigenvalue weighted by atomic mass is 19.4. The smallest absolute Gasteiger partial charge is 0.430 e. The zero-order valence-electron chi connectivity index (χ0n) is 11.1. The van der Waals surface area contributed by atoms with E-state index in [2.05, 4.69) is 11.0 Å². The third-order valence-electron chi connectivity index (χ3n) is 2.81. The third kappa shape index (κ3) is 2.82. The molecule has 0 saturated carbocycles. The van der Waals surface area contributed by atoms with Crippen LogP contribution in [0.2, 0.25) is 0 Å². The molecule has 4 nitrogen and oxygen atoms in total. The maximum atomic E-state index is 12.9. The molecule has 1 aromatic heterocycles. The Hall–Kier alpha value is -1.97. The van der Waals surface area contributed by atoms with Gasteiger partial charge in [0.2, 0.25) is 5.88 Å². The molecule has 1 N–H and O–H groups in total. The Morgan fingerprint density at radius 2 is 1.77 bits per heavy atom. The fraction of sp³-hybridized carbons (Fsp3) is 0.417. The van der Waals surface area contributed by atoms with Gasteiger partial charge in [-0.2, -0.15) is 26.3 Å². The van der Waals surface area contributed by atoms with Crippen LogP contribution in [0.1, 0.15) is 16.1 Å². The van der Waals surface area contributed by atoms with E-state index in [0.717, 1.165) is 11.9 Å². The number of hydrogen-bond acceptors (Lipinski definition) is 4. The number of hydrogen-bond donors (Lipinski definition) is 1. The van der Waals surface area contributed by atoms with Crippen molar-refractivity contribution in [1.82, 2.24) is 0 Å². The molecule has 0 unspecified atom stereocenters. The van der Waals surface area contributed by atoms with Crippen LogP contribution in [0.15, 0.2) is 23.1 Å². The third-order valence-corrected chi connectivity index (χ3v) is 2.81. The van der Waals surface area contributed by atoms with E-state index in [1.165, 1.54) is 6.08 Å². The maximum Gasteiger partial charge on any atom is 0.430 e. The number of halogens is 6. The number of furan rings is 1. The summed E-state index contributed by atoms with van der Waals surface area (Å²) in [5.74, 6) is -1.72. The number of aliphatic hydroxyl groups is 1. The summed E-state index contributed by atoms with van der Waals surface area (Å²) in [6, 6.07) is 0.211. The standard InChI is InChI=1S/C12H11F6NO3/c1-3-4-19(2)9-8(5-7(6-20)22-9)10(21,11(13,14)15)12(16,17)18/h3,5-6,21H,1,4H2,2H3. The highest BCUT2D eigenvalue weighted by Crippen LogP contribution is 2.53. The molecule has 0 aliphatic rings. The molecule has 0 fully saturated rings. The van der Waals surface area contributed by atoms with Crippen LogP contribution in [-0.4, -0.2) is 37.3 Å². The van der Waals surface area contributed by atoms with Crippen LogP contribution in [0.5, 0.6) is 0 Å². The Bertz CT molecular complexity index is 546. The van der Waals surface area contributed by atoms with Gasteiger partial charge in [0, 0.05) is 13.6 Å². The van der Waals surface area contributed by atoms with Gasteiger partial charge in [-0.3, -0.25) is 4.79 Å². The number of rotatable bonds is 5. The summed E-state index contributed by atoms with van der Waals surface area (Å²) in [7, 11) is 1.12. The molecule has 0 spiro atoms. The molecule has 1 rings (SSSR count). The highest BCUT2D eigenvalue weighted by Gasteiger charge is 2.73. The monoisotopic (exact) mass is 331 g/mol. The normalized spacial score (nSPS) is 13.1. The zero-order chi connectivity index (χ0) is 17.3. The Kier molecular flexibility index (Phi) is 4.66. The Balaban J connectivity index is 3.66. The molecule has 0 bridgehead atoms. The zero-order valence-corrected chi connectivity index (χ0v) is 11.1. The van der Waals surface area contributed by atoms with Gasteiger partial charge in [0.1, 0.15) is 0 Å². The van der Waals surface area contributed by atoms with E-state index in [9.17, 15) is 36.2 Å². The molecule has 1 heterocycles. The van der Waals surface area contributed by atoms with Gasteiger partial charge in [-0.1, -0.05) is 6.08 Å². The highest BCUT2D eigenvalue weighted by molar-refractivity contribution is 5.73. The van der Waals surface area contributed by atoms with E-state index in [-0.39, 0.29) is 18.9 Å². The van der Waals surface area contributed by atoms with E-state index in [0.29, 0.717) is 0 Å². The molecule has 0 saturated heterocycles. The van der Waals surface area contributed by atoms with Crippen LogP contribution in [0, 0.1) is 0 Å². The molecule has 0 aliphatic carbocycles. The average Bonchev–Trinajstić information content (AvgIpc) is 2.79. The number of alkyl halides is 6. The lowest BCUT2D eigenvalue weighted by Gasteiger charge is -2.33. The Morgan fingerprint density at radius 3 is 2.14 bits per heavy atom. The minimum Gasteiger partial charge on any atom is -0.437 e. The van der Waals surface area contributed by atoms with Crippen LogP contribution in [0.3, 0.4) is 0 Å². The van der Waals surface area contributed by atoms with Crippen molar-refractivity contribution in [2.45, 2.75) is 18.0 Å². The number of aldehydes is 1. The predicted molar refractivity (Wildman–Crippen MR) is 63.6 cm³/mol. The van der Waals surface area contributed by atoms with Crippen molar-refractivity contribution in [1.29, 1.82) is 0 Å². The van der Waals surface area contributed by atoms with Crippen molar-refractivity contribution in [2.24, 2.45) is 0 Å². The van der Waals surface area contributed by atoms with E-state index < -0.39 is 35.2 Å². The largest absolute Gasteiger partial charge is 0.437 e. The summed E-state index contributed by atoms with van der Waals surface area (Å²) in [5.41, 5.74) is -6.78. The van der Waals surface area contributed by atoms with Crippen molar-refractivity contribution in [3.05, 3.63) is 30.0 Å². The number of anilines is 1. The molecule has 0 aromatic carbocycles. The van der Waals surface area contributed by atoms with Gasteiger partial charge in [0.15, 0.2) is 12.0 Å². The Morgan fingerprint density at radius 1 is 1.27 bits per heavy atom. The lowest BCUT2D eigenvalue weighted by atomic mass is 9.93. The molecule has 0 radical (unpaired) electrons. The molecule has 0 amide bonds. The molecular weight excluding hydrogens is 320 g/mol. The van der Waals surface area contributed by atoms with Crippen molar-refractivity contribution in [3.8, 4) is 0 Å². The first-order valence-corrected chi connectivity index (χ1v) is 5.67. The second-order valence-electron chi connectivity index (χ2n) is 4.36. The molecule has 124 valence electrons. The van der Waals surface area contributed by atoms with Crippen LogP contribution >= 0.6 is 0 Å². The lowest BCUT2D eigenvalue weighted by molar-refractivity contribution is -0.376. The van der Waals surface area contributed by atoms with Crippen LogP contribution < -0.4 is 4.90 Å².